The van der Waals surface area contributed by atoms with Gasteiger partial charge in [-0.3, -0.25) is 28.9 Å². The van der Waals surface area contributed by atoms with E-state index >= 15 is 0 Å². The monoisotopic (exact) mass is 665 g/mol. The maximum Gasteiger partial charge on any atom is 0.245 e. The molecule has 1 aliphatic carbocycles. The molecule has 5 amide bonds. The van der Waals surface area contributed by atoms with Crippen molar-refractivity contribution in [2.24, 2.45) is 17.6 Å². The number of hydrogen-bond donors (Lipinski definition) is 6. The Balaban J connectivity index is 2.54. The first-order chi connectivity index (χ1) is 22.3. The van der Waals surface area contributed by atoms with Crippen LogP contribution in [0.25, 0.3) is 0 Å². The summed E-state index contributed by atoms with van der Waals surface area (Å²) in [6, 6.07) is -4.83. The van der Waals surface area contributed by atoms with Gasteiger partial charge < -0.3 is 37.0 Å². The van der Waals surface area contributed by atoms with E-state index in [1.165, 1.54) is 11.8 Å². The van der Waals surface area contributed by atoms with Gasteiger partial charge in [-0.05, 0) is 57.9 Å². The molecule has 6 atom stereocenters. The van der Waals surface area contributed by atoms with Crippen LogP contribution in [0.2, 0.25) is 0 Å². The number of hydrogen-bond acceptors (Lipinski definition) is 8. The van der Waals surface area contributed by atoms with Crippen molar-refractivity contribution in [1.82, 2.24) is 31.1 Å². The van der Waals surface area contributed by atoms with Gasteiger partial charge in [-0.15, -0.1) is 0 Å². The van der Waals surface area contributed by atoms with Gasteiger partial charge in [0, 0.05) is 26.7 Å². The smallest absolute Gasteiger partial charge is 0.245 e. The second-order valence-electron chi connectivity index (χ2n) is 13.9. The standard InChI is InChI=1S/C34H63N7O6/c1-7-8-9-14-18-41-19-17-36-32(45)28(24(5)42)38-30(43)26(21-35)37-33(46)29(25-15-12-10-11-13-16-25)39-31(44)27(20-22(2)3)40(6)34(47)23(41)4/h22-29,42H,7-21,35H2,1-6H3,(H,36,45)(H,37,46)(H,38,43)(H,39,44)/t23-,24-,26-,27-,28-,29-/m0/s1. The second kappa shape index (κ2) is 20.6. The highest BCUT2D eigenvalue weighted by Crippen LogP contribution is 2.26. The van der Waals surface area contributed by atoms with E-state index in [0.29, 0.717) is 19.5 Å². The first-order valence-electron chi connectivity index (χ1n) is 17.9. The Bertz CT molecular complexity index is 1020. The van der Waals surface area contributed by atoms with E-state index in [1.54, 1.807) is 7.05 Å². The van der Waals surface area contributed by atoms with Crippen LogP contribution >= 0.6 is 0 Å². The summed E-state index contributed by atoms with van der Waals surface area (Å²) in [5, 5.41) is 21.5. The fourth-order valence-corrected chi connectivity index (χ4v) is 6.61. The molecule has 0 bridgehead atoms. The molecule has 0 spiro atoms. The predicted molar refractivity (Wildman–Crippen MR) is 182 cm³/mol. The van der Waals surface area contributed by atoms with Crippen LogP contribution in [0.4, 0.5) is 0 Å². The van der Waals surface area contributed by atoms with Crippen molar-refractivity contribution < 1.29 is 29.1 Å². The van der Waals surface area contributed by atoms with E-state index in [2.05, 4.69) is 28.2 Å². The van der Waals surface area contributed by atoms with Crippen molar-refractivity contribution in [2.75, 3.05) is 33.2 Å². The molecule has 0 unspecified atom stereocenters. The average Bonchev–Trinajstić information content (AvgIpc) is 3.32. The lowest BCUT2D eigenvalue weighted by atomic mass is 9.90. The summed E-state index contributed by atoms with van der Waals surface area (Å²) in [4.78, 5) is 72.1. The SMILES string of the molecule is CCCCCCN1CCNC(=O)[C@H]([C@H](C)O)NC(=O)[C@H](CN)NC(=O)[C@H](C2CCCCCC2)NC(=O)[C@H](CC(C)C)N(C)C(=O)[C@@H]1C. The van der Waals surface area contributed by atoms with Gasteiger partial charge in [0.1, 0.15) is 24.2 Å². The molecule has 270 valence electrons. The van der Waals surface area contributed by atoms with Gasteiger partial charge in [-0.1, -0.05) is 65.7 Å². The van der Waals surface area contributed by atoms with Crippen LogP contribution in [0.3, 0.4) is 0 Å². The number of nitrogens with one attached hydrogen (secondary N) is 4. The van der Waals surface area contributed by atoms with E-state index in [0.717, 1.165) is 64.2 Å². The number of likely N-dealkylation sites (N-methyl/N-ethyl adjacent to an activating group) is 1. The van der Waals surface area contributed by atoms with E-state index in [-0.39, 0.29) is 30.8 Å². The number of amides is 5. The van der Waals surface area contributed by atoms with E-state index in [4.69, 9.17) is 5.73 Å². The Morgan fingerprint density at radius 2 is 1.53 bits per heavy atom. The number of rotatable bonds is 10. The molecule has 0 radical (unpaired) electrons. The fraction of sp³-hybridized carbons (Fsp3) is 0.853. The molecule has 2 fully saturated rings. The van der Waals surface area contributed by atoms with Crippen molar-refractivity contribution in [3.8, 4) is 0 Å². The molecule has 1 heterocycles. The van der Waals surface area contributed by atoms with Gasteiger partial charge in [0.25, 0.3) is 0 Å². The van der Waals surface area contributed by atoms with Crippen LogP contribution in [0.5, 0.6) is 0 Å². The minimum Gasteiger partial charge on any atom is -0.391 e. The number of aliphatic hydroxyl groups excluding tert-OH is 1. The number of nitrogens with two attached hydrogens (primary N) is 1. The molecule has 0 aromatic heterocycles. The fourth-order valence-electron chi connectivity index (χ4n) is 6.61. The summed E-state index contributed by atoms with van der Waals surface area (Å²) in [6.45, 7) is 10.2. The van der Waals surface area contributed by atoms with Gasteiger partial charge >= 0.3 is 0 Å². The van der Waals surface area contributed by atoms with Gasteiger partial charge in [0.05, 0.1) is 12.1 Å². The topological polar surface area (TPSA) is 186 Å². The molecule has 1 aliphatic heterocycles. The Morgan fingerprint density at radius 1 is 0.872 bits per heavy atom. The van der Waals surface area contributed by atoms with Crippen LogP contribution < -0.4 is 27.0 Å². The first-order valence-corrected chi connectivity index (χ1v) is 17.9. The normalized spacial score (nSPS) is 28.1. The second-order valence-corrected chi connectivity index (χ2v) is 13.9. The summed E-state index contributed by atoms with van der Waals surface area (Å²) in [6.07, 6.45) is 8.54. The summed E-state index contributed by atoms with van der Waals surface area (Å²) >= 11 is 0. The van der Waals surface area contributed by atoms with Crippen LogP contribution in [0.15, 0.2) is 0 Å². The maximum atomic E-state index is 14.1. The average molecular weight is 666 g/mol. The first kappa shape index (κ1) is 40.4. The molecule has 2 aliphatic rings. The number of nitrogens with zero attached hydrogens (tertiary/aromatic N) is 2. The zero-order chi connectivity index (χ0) is 35.1. The summed E-state index contributed by atoms with van der Waals surface area (Å²) in [7, 11) is 1.64. The number of carbonyl (C=O) groups is 5. The Labute approximate surface area is 281 Å². The zero-order valence-electron chi connectivity index (χ0n) is 29.7. The number of aliphatic hydroxyl groups is 1. The highest BCUT2D eigenvalue weighted by Gasteiger charge is 2.38. The van der Waals surface area contributed by atoms with E-state index < -0.39 is 59.9 Å². The lowest BCUT2D eigenvalue weighted by Crippen LogP contribution is -2.63. The molecule has 2 rings (SSSR count). The molecule has 0 aromatic carbocycles. The minimum atomic E-state index is -1.29. The molecule has 1 saturated heterocycles. The van der Waals surface area contributed by atoms with Crippen LogP contribution in [0, 0.1) is 11.8 Å². The Hall–Kier alpha value is -2.77. The quantitative estimate of drug-likeness (QED) is 0.148. The van der Waals surface area contributed by atoms with Gasteiger partial charge in [-0.25, -0.2) is 0 Å². The number of unbranched alkanes of at least 4 members (excludes halogenated alkanes) is 3. The lowest BCUT2D eigenvalue weighted by Gasteiger charge is -2.36. The summed E-state index contributed by atoms with van der Waals surface area (Å²) in [5.74, 6) is -2.53. The Kier molecular flexibility index (Phi) is 17.7. The molecule has 7 N–H and O–H groups in total. The van der Waals surface area contributed by atoms with Crippen molar-refractivity contribution in [3.05, 3.63) is 0 Å². The third-order valence-corrected chi connectivity index (χ3v) is 9.60. The predicted octanol–water partition coefficient (Wildman–Crippen LogP) is 1.02. The highest BCUT2D eigenvalue weighted by molar-refractivity contribution is 5.96. The molecule has 13 nitrogen and oxygen atoms in total. The van der Waals surface area contributed by atoms with Gasteiger partial charge in [0.2, 0.25) is 29.5 Å². The molecule has 1 saturated carbocycles. The third kappa shape index (κ3) is 12.6. The molecular weight excluding hydrogens is 602 g/mol. The minimum absolute atomic E-state index is 0.0897. The molecule has 13 heteroatoms. The van der Waals surface area contributed by atoms with Crippen molar-refractivity contribution in [2.45, 2.75) is 142 Å². The summed E-state index contributed by atoms with van der Waals surface area (Å²) < 4.78 is 0. The zero-order valence-corrected chi connectivity index (χ0v) is 29.7. The molecule has 47 heavy (non-hydrogen) atoms. The maximum absolute atomic E-state index is 14.1. The molecular formula is C34H63N7O6. The van der Waals surface area contributed by atoms with Crippen LogP contribution in [-0.4, -0.2) is 114 Å². The van der Waals surface area contributed by atoms with Crippen molar-refractivity contribution in [3.63, 3.8) is 0 Å². The van der Waals surface area contributed by atoms with Crippen LogP contribution in [0.1, 0.15) is 105 Å². The Morgan fingerprint density at radius 3 is 2.11 bits per heavy atom. The largest absolute Gasteiger partial charge is 0.391 e. The van der Waals surface area contributed by atoms with E-state index in [1.807, 2.05) is 25.7 Å². The third-order valence-electron chi connectivity index (χ3n) is 9.60. The highest BCUT2D eigenvalue weighted by atomic mass is 16.3. The van der Waals surface area contributed by atoms with Gasteiger partial charge in [0.15, 0.2) is 0 Å². The van der Waals surface area contributed by atoms with Crippen molar-refractivity contribution in [1.29, 1.82) is 0 Å². The van der Waals surface area contributed by atoms with E-state index in [9.17, 15) is 29.1 Å². The summed E-state index contributed by atoms with van der Waals surface area (Å²) in [5.41, 5.74) is 5.93. The number of carbonyl (C=O) groups excluding carboxylic acids is 5. The van der Waals surface area contributed by atoms with Gasteiger partial charge in [-0.2, -0.15) is 0 Å². The lowest BCUT2D eigenvalue weighted by molar-refractivity contribution is -0.144. The van der Waals surface area contributed by atoms with Crippen molar-refractivity contribution >= 4 is 29.5 Å². The molecule has 0 aromatic rings. The van der Waals surface area contributed by atoms with Crippen LogP contribution in [-0.2, 0) is 24.0 Å².